The molecule has 0 atom stereocenters. The minimum absolute atomic E-state index is 0.217. The number of halogens is 1. The highest BCUT2D eigenvalue weighted by atomic mass is 19.1. The Morgan fingerprint density at radius 1 is 1.19 bits per heavy atom. The van der Waals surface area contributed by atoms with Crippen molar-refractivity contribution in [2.24, 2.45) is 5.92 Å². The molecular formula is C22H31FN2O. The maximum atomic E-state index is 13.4. The van der Waals surface area contributed by atoms with E-state index in [0.717, 1.165) is 37.1 Å². The number of amides is 1. The lowest BCUT2D eigenvalue weighted by atomic mass is 10.1. The van der Waals surface area contributed by atoms with Gasteiger partial charge in [-0.3, -0.25) is 4.79 Å². The lowest BCUT2D eigenvalue weighted by Crippen LogP contribution is -2.33. The molecule has 2 rings (SSSR count). The number of rotatable bonds is 10. The van der Waals surface area contributed by atoms with Crippen molar-refractivity contribution >= 4 is 5.91 Å². The summed E-state index contributed by atoms with van der Waals surface area (Å²) in [6, 6.07) is 10.7. The number of aromatic nitrogens is 1. The first kappa shape index (κ1) is 20.2. The number of hydrogen-bond donors (Lipinski definition) is 0. The first-order valence-electron chi connectivity index (χ1n) is 9.65. The zero-order valence-electron chi connectivity index (χ0n) is 16.2. The van der Waals surface area contributed by atoms with Crippen molar-refractivity contribution in [3.63, 3.8) is 0 Å². The zero-order chi connectivity index (χ0) is 18.9. The predicted octanol–water partition coefficient (Wildman–Crippen LogP) is 5.24. The number of unbranched alkanes of at least 4 members (excludes halogenated alkanes) is 2. The van der Waals surface area contributed by atoms with Crippen LogP contribution in [0.15, 0.2) is 42.6 Å². The summed E-state index contributed by atoms with van der Waals surface area (Å²) in [6.45, 7) is 8.34. The van der Waals surface area contributed by atoms with E-state index in [1.807, 2.05) is 23.2 Å². The van der Waals surface area contributed by atoms with Crippen LogP contribution in [0.4, 0.5) is 4.39 Å². The lowest BCUT2D eigenvalue weighted by molar-refractivity contribution is -0.132. The van der Waals surface area contributed by atoms with Crippen LogP contribution in [0, 0.1) is 11.7 Å². The van der Waals surface area contributed by atoms with Crippen molar-refractivity contribution in [3.05, 3.63) is 59.7 Å². The van der Waals surface area contributed by atoms with Gasteiger partial charge in [-0.15, -0.1) is 0 Å². The van der Waals surface area contributed by atoms with Crippen LogP contribution in [-0.2, 0) is 17.9 Å². The van der Waals surface area contributed by atoms with Crippen LogP contribution in [-0.4, -0.2) is 21.9 Å². The van der Waals surface area contributed by atoms with Gasteiger partial charge in [-0.2, -0.15) is 0 Å². The molecule has 1 heterocycles. The highest BCUT2D eigenvalue weighted by molar-refractivity contribution is 5.76. The third-order valence-electron chi connectivity index (χ3n) is 4.49. The SMILES string of the molecule is CCCCCN(Cc1cccn1Cc1cccc(F)c1)C(=O)CC(C)C. The molecule has 3 nitrogen and oxygen atoms in total. The summed E-state index contributed by atoms with van der Waals surface area (Å²) in [6.07, 6.45) is 5.89. The molecule has 0 radical (unpaired) electrons. The number of carbonyl (C=O) groups is 1. The van der Waals surface area contributed by atoms with Crippen LogP contribution in [0.2, 0.25) is 0 Å². The Bertz CT molecular complexity index is 693. The van der Waals surface area contributed by atoms with Gasteiger partial charge in [0.15, 0.2) is 0 Å². The topological polar surface area (TPSA) is 25.2 Å². The van der Waals surface area contributed by atoms with Crippen LogP contribution in [0.5, 0.6) is 0 Å². The first-order chi connectivity index (χ1) is 12.5. The molecule has 0 saturated carbocycles. The van der Waals surface area contributed by atoms with Crippen LogP contribution >= 0.6 is 0 Å². The van der Waals surface area contributed by atoms with Crippen LogP contribution in [0.1, 0.15) is 57.7 Å². The monoisotopic (exact) mass is 358 g/mol. The largest absolute Gasteiger partial charge is 0.345 e. The van der Waals surface area contributed by atoms with Crippen molar-refractivity contribution in [2.45, 2.75) is 59.5 Å². The van der Waals surface area contributed by atoms with E-state index in [4.69, 9.17) is 0 Å². The Kier molecular flexibility index (Phi) is 7.89. The highest BCUT2D eigenvalue weighted by Gasteiger charge is 2.16. The average Bonchev–Trinajstić information content (AvgIpc) is 3.00. The molecule has 4 heteroatoms. The molecule has 26 heavy (non-hydrogen) atoms. The van der Waals surface area contributed by atoms with Crippen molar-refractivity contribution in [1.29, 1.82) is 0 Å². The quantitative estimate of drug-likeness (QED) is 0.533. The standard InChI is InChI=1S/C22H31FN2O/c1-4-5-6-12-25(22(26)14-18(2)3)17-21-11-8-13-24(21)16-19-9-7-10-20(23)15-19/h7-11,13,15,18H,4-6,12,14,16-17H2,1-3H3. The molecule has 0 N–H and O–H groups in total. The lowest BCUT2D eigenvalue weighted by Gasteiger charge is -2.24. The van der Waals surface area contributed by atoms with Crippen molar-refractivity contribution in [3.8, 4) is 0 Å². The zero-order valence-corrected chi connectivity index (χ0v) is 16.2. The molecule has 0 bridgehead atoms. The normalized spacial score (nSPS) is 11.1. The van der Waals surface area contributed by atoms with E-state index in [-0.39, 0.29) is 11.7 Å². The van der Waals surface area contributed by atoms with E-state index in [1.54, 1.807) is 12.1 Å². The fraction of sp³-hybridized carbons (Fsp3) is 0.500. The van der Waals surface area contributed by atoms with Crippen molar-refractivity contribution in [2.75, 3.05) is 6.54 Å². The van der Waals surface area contributed by atoms with Gasteiger partial charge in [0.1, 0.15) is 5.82 Å². The van der Waals surface area contributed by atoms with Gasteiger partial charge in [-0.25, -0.2) is 4.39 Å². The molecule has 0 unspecified atom stereocenters. The molecule has 1 amide bonds. The summed E-state index contributed by atoms with van der Waals surface area (Å²) in [7, 11) is 0. The van der Waals surface area contributed by atoms with Crippen LogP contribution in [0.25, 0.3) is 0 Å². The Morgan fingerprint density at radius 3 is 2.69 bits per heavy atom. The van der Waals surface area contributed by atoms with E-state index in [0.29, 0.717) is 25.4 Å². The predicted molar refractivity (Wildman–Crippen MR) is 104 cm³/mol. The maximum Gasteiger partial charge on any atom is 0.223 e. The molecule has 0 saturated heterocycles. The summed E-state index contributed by atoms with van der Waals surface area (Å²) >= 11 is 0. The van der Waals surface area contributed by atoms with Gasteiger partial charge in [-0.1, -0.05) is 45.7 Å². The molecule has 1 aromatic heterocycles. The Morgan fingerprint density at radius 2 is 2.00 bits per heavy atom. The minimum Gasteiger partial charge on any atom is -0.345 e. The Balaban J connectivity index is 2.09. The van der Waals surface area contributed by atoms with Crippen LogP contribution < -0.4 is 0 Å². The molecule has 0 aliphatic carbocycles. The second-order valence-corrected chi connectivity index (χ2v) is 7.38. The van der Waals surface area contributed by atoms with E-state index in [9.17, 15) is 9.18 Å². The summed E-state index contributed by atoms with van der Waals surface area (Å²) in [5, 5.41) is 0. The van der Waals surface area contributed by atoms with E-state index in [2.05, 4.69) is 31.4 Å². The first-order valence-corrected chi connectivity index (χ1v) is 9.65. The molecule has 2 aromatic rings. The molecule has 1 aromatic carbocycles. The van der Waals surface area contributed by atoms with E-state index >= 15 is 0 Å². The maximum absolute atomic E-state index is 13.4. The van der Waals surface area contributed by atoms with Crippen LogP contribution in [0.3, 0.4) is 0 Å². The molecule has 0 aliphatic rings. The molecule has 0 fully saturated rings. The van der Waals surface area contributed by atoms with Gasteiger partial charge < -0.3 is 9.47 Å². The van der Waals surface area contributed by atoms with E-state index < -0.39 is 0 Å². The average molecular weight is 359 g/mol. The summed E-state index contributed by atoms with van der Waals surface area (Å²) < 4.78 is 15.5. The Hall–Kier alpha value is -2.10. The van der Waals surface area contributed by atoms with Gasteiger partial charge in [0.2, 0.25) is 5.91 Å². The smallest absolute Gasteiger partial charge is 0.223 e. The minimum atomic E-state index is -0.218. The number of nitrogens with zero attached hydrogens (tertiary/aromatic N) is 2. The Labute approximate surface area is 156 Å². The number of carbonyl (C=O) groups excluding carboxylic acids is 1. The molecule has 142 valence electrons. The van der Waals surface area contributed by atoms with Gasteiger partial charge in [-0.05, 0) is 42.2 Å². The van der Waals surface area contributed by atoms with E-state index in [1.165, 1.54) is 6.07 Å². The van der Waals surface area contributed by atoms with Crippen molar-refractivity contribution < 1.29 is 9.18 Å². The van der Waals surface area contributed by atoms with Gasteiger partial charge >= 0.3 is 0 Å². The fourth-order valence-electron chi connectivity index (χ4n) is 3.10. The van der Waals surface area contributed by atoms with Gasteiger partial charge in [0.05, 0.1) is 6.54 Å². The summed E-state index contributed by atoms with van der Waals surface area (Å²) in [5.74, 6) is 0.356. The second kappa shape index (κ2) is 10.1. The second-order valence-electron chi connectivity index (χ2n) is 7.38. The number of benzene rings is 1. The van der Waals surface area contributed by atoms with Gasteiger partial charge in [0.25, 0.3) is 0 Å². The summed E-state index contributed by atoms with van der Waals surface area (Å²) in [4.78, 5) is 14.6. The molecule has 0 spiro atoms. The third kappa shape index (κ3) is 6.32. The third-order valence-corrected chi connectivity index (χ3v) is 4.49. The number of hydrogen-bond acceptors (Lipinski definition) is 1. The highest BCUT2D eigenvalue weighted by Crippen LogP contribution is 2.14. The van der Waals surface area contributed by atoms with Gasteiger partial charge in [0, 0.05) is 31.4 Å². The fourth-order valence-corrected chi connectivity index (χ4v) is 3.10. The molecule has 0 aliphatic heterocycles. The molecular weight excluding hydrogens is 327 g/mol. The summed E-state index contributed by atoms with van der Waals surface area (Å²) in [5.41, 5.74) is 2.01. The van der Waals surface area contributed by atoms with Crippen molar-refractivity contribution in [1.82, 2.24) is 9.47 Å².